The van der Waals surface area contributed by atoms with Gasteiger partial charge in [-0.2, -0.15) is 5.26 Å². The molecule has 0 saturated carbocycles. The summed E-state index contributed by atoms with van der Waals surface area (Å²) in [5.74, 6) is -0.299. The Morgan fingerprint density at radius 2 is 2.12 bits per heavy atom. The average Bonchev–Trinajstić information content (AvgIpc) is 2.28. The molecule has 0 saturated heterocycles. The fourth-order valence-corrected chi connectivity index (χ4v) is 1.76. The van der Waals surface area contributed by atoms with Crippen LogP contribution in [0.15, 0.2) is 18.2 Å². The Bertz CT molecular complexity index is 423. The average molecular weight is 235 g/mol. The van der Waals surface area contributed by atoms with Gasteiger partial charge in [0, 0.05) is 19.1 Å². The van der Waals surface area contributed by atoms with Crippen molar-refractivity contribution in [1.82, 2.24) is 0 Å². The molecule has 1 rings (SSSR count). The van der Waals surface area contributed by atoms with Gasteiger partial charge in [-0.1, -0.05) is 12.1 Å². The minimum Gasteiger partial charge on any atom is -0.368 e. The number of nitrogens with zero attached hydrogens (tertiary/aromatic N) is 2. The molecule has 0 spiro atoms. The number of anilines is 1. The fourth-order valence-electron chi connectivity index (χ4n) is 1.76. The Labute approximate surface area is 102 Å². The first-order valence-corrected chi connectivity index (χ1v) is 5.62. The van der Waals surface area contributed by atoms with E-state index in [4.69, 9.17) is 11.0 Å². The summed E-state index contributed by atoms with van der Waals surface area (Å²) in [6.07, 6.45) is 0.350. The molecular weight excluding hydrogens is 217 g/mol. The molecule has 0 aromatic heterocycles. The molecule has 3 nitrogen and oxygen atoms in total. The van der Waals surface area contributed by atoms with Gasteiger partial charge in [0.15, 0.2) is 0 Å². The van der Waals surface area contributed by atoms with E-state index in [1.54, 1.807) is 18.0 Å². The van der Waals surface area contributed by atoms with Crippen molar-refractivity contribution in [3.05, 3.63) is 29.6 Å². The SMILES string of the molecule is CC(N)c1cccc(F)c1N(C)C(C)CC#N. The lowest BCUT2D eigenvalue weighted by molar-refractivity contribution is 0.600. The Morgan fingerprint density at radius 3 is 2.65 bits per heavy atom. The van der Waals surface area contributed by atoms with Crippen LogP contribution in [-0.4, -0.2) is 13.1 Å². The van der Waals surface area contributed by atoms with Gasteiger partial charge in [-0.05, 0) is 25.5 Å². The van der Waals surface area contributed by atoms with Crippen LogP contribution in [0.1, 0.15) is 31.9 Å². The highest BCUT2D eigenvalue weighted by atomic mass is 19.1. The molecule has 0 bridgehead atoms. The highest BCUT2D eigenvalue weighted by molar-refractivity contribution is 5.56. The molecule has 2 unspecified atom stereocenters. The van der Waals surface area contributed by atoms with Crippen molar-refractivity contribution in [3.8, 4) is 6.07 Å². The summed E-state index contributed by atoms with van der Waals surface area (Å²) in [5.41, 5.74) is 7.09. The predicted molar refractivity (Wildman–Crippen MR) is 67.1 cm³/mol. The standard InChI is InChI=1S/C13H18FN3/c1-9(7-8-15)17(3)13-11(10(2)16)5-4-6-12(13)14/h4-6,9-10H,7,16H2,1-3H3. The van der Waals surface area contributed by atoms with E-state index in [1.165, 1.54) is 6.07 Å². The van der Waals surface area contributed by atoms with Crippen LogP contribution in [0.3, 0.4) is 0 Å². The molecule has 0 aliphatic heterocycles. The Hall–Kier alpha value is -1.60. The van der Waals surface area contributed by atoms with Crippen LogP contribution in [0, 0.1) is 17.1 Å². The first-order valence-electron chi connectivity index (χ1n) is 5.62. The van der Waals surface area contributed by atoms with Gasteiger partial charge >= 0.3 is 0 Å². The molecule has 2 N–H and O–H groups in total. The number of para-hydroxylation sites is 1. The third-order valence-corrected chi connectivity index (χ3v) is 2.91. The molecule has 0 fully saturated rings. The number of hydrogen-bond acceptors (Lipinski definition) is 3. The van der Waals surface area contributed by atoms with E-state index in [2.05, 4.69) is 6.07 Å². The van der Waals surface area contributed by atoms with Gasteiger partial charge in [0.2, 0.25) is 0 Å². The summed E-state index contributed by atoms with van der Waals surface area (Å²) in [6.45, 7) is 3.71. The van der Waals surface area contributed by atoms with Crippen molar-refractivity contribution in [2.75, 3.05) is 11.9 Å². The number of nitriles is 1. The number of nitrogens with two attached hydrogens (primary N) is 1. The van der Waals surface area contributed by atoms with E-state index in [0.29, 0.717) is 12.1 Å². The van der Waals surface area contributed by atoms with Gasteiger partial charge in [0.1, 0.15) is 5.82 Å². The molecule has 0 aliphatic rings. The molecule has 0 amide bonds. The summed E-state index contributed by atoms with van der Waals surface area (Å²) in [5, 5.41) is 8.69. The Kier molecular flexibility index (Phi) is 4.47. The van der Waals surface area contributed by atoms with Crippen molar-refractivity contribution >= 4 is 5.69 Å². The predicted octanol–water partition coefficient (Wildman–Crippen LogP) is 2.58. The van der Waals surface area contributed by atoms with Gasteiger partial charge in [-0.25, -0.2) is 4.39 Å². The number of halogens is 1. The normalized spacial score (nSPS) is 13.9. The third-order valence-electron chi connectivity index (χ3n) is 2.91. The molecule has 17 heavy (non-hydrogen) atoms. The van der Waals surface area contributed by atoms with E-state index in [9.17, 15) is 4.39 Å². The maximum atomic E-state index is 13.9. The Morgan fingerprint density at radius 1 is 1.47 bits per heavy atom. The van der Waals surface area contributed by atoms with Crippen LogP contribution >= 0.6 is 0 Å². The fraction of sp³-hybridized carbons (Fsp3) is 0.462. The van der Waals surface area contributed by atoms with Crippen molar-refractivity contribution in [1.29, 1.82) is 5.26 Å². The zero-order chi connectivity index (χ0) is 13.0. The van der Waals surface area contributed by atoms with Gasteiger partial charge in [-0.15, -0.1) is 0 Å². The lowest BCUT2D eigenvalue weighted by Gasteiger charge is -2.29. The third kappa shape index (κ3) is 2.95. The van der Waals surface area contributed by atoms with Crippen LogP contribution in [0.2, 0.25) is 0 Å². The second-order valence-electron chi connectivity index (χ2n) is 4.29. The maximum Gasteiger partial charge on any atom is 0.146 e. The topological polar surface area (TPSA) is 53.0 Å². The zero-order valence-electron chi connectivity index (χ0n) is 10.4. The molecule has 1 aromatic carbocycles. The zero-order valence-corrected chi connectivity index (χ0v) is 10.4. The van der Waals surface area contributed by atoms with Crippen molar-refractivity contribution in [2.45, 2.75) is 32.4 Å². The minimum atomic E-state index is -0.299. The maximum absolute atomic E-state index is 13.9. The molecule has 4 heteroatoms. The summed E-state index contributed by atoms with van der Waals surface area (Å²) in [7, 11) is 1.78. The van der Waals surface area contributed by atoms with Gasteiger partial charge in [-0.3, -0.25) is 0 Å². The Balaban J connectivity index is 3.16. The number of rotatable bonds is 4. The molecule has 0 aliphatic carbocycles. The van der Waals surface area contributed by atoms with Gasteiger partial charge in [0.25, 0.3) is 0 Å². The smallest absolute Gasteiger partial charge is 0.146 e. The van der Waals surface area contributed by atoms with E-state index in [0.717, 1.165) is 5.56 Å². The van der Waals surface area contributed by atoms with Crippen LogP contribution in [-0.2, 0) is 0 Å². The van der Waals surface area contributed by atoms with E-state index in [1.807, 2.05) is 19.9 Å². The molecular formula is C13H18FN3. The number of benzene rings is 1. The minimum absolute atomic E-state index is 0.0469. The molecule has 92 valence electrons. The van der Waals surface area contributed by atoms with Crippen molar-refractivity contribution in [2.24, 2.45) is 5.73 Å². The highest BCUT2D eigenvalue weighted by Crippen LogP contribution is 2.29. The summed E-state index contributed by atoms with van der Waals surface area (Å²) < 4.78 is 13.9. The van der Waals surface area contributed by atoms with Gasteiger partial charge in [0.05, 0.1) is 18.2 Å². The van der Waals surface area contributed by atoms with Crippen LogP contribution < -0.4 is 10.6 Å². The summed E-state index contributed by atoms with van der Waals surface area (Å²) in [4.78, 5) is 1.78. The monoisotopic (exact) mass is 235 g/mol. The van der Waals surface area contributed by atoms with Crippen LogP contribution in [0.4, 0.5) is 10.1 Å². The largest absolute Gasteiger partial charge is 0.368 e. The number of hydrogen-bond donors (Lipinski definition) is 1. The van der Waals surface area contributed by atoms with Crippen molar-refractivity contribution in [3.63, 3.8) is 0 Å². The molecule has 0 heterocycles. The van der Waals surface area contributed by atoms with E-state index < -0.39 is 0 Å². The molecule has 2 atom stereocenters. The van der Waals surface area contributed by atoms with E-state index in [-0.39, 0.29) is 17.9 Å². The summed E-state index contributed by atoms with van der Waals surface area (Å²) in [6, 6.07) is 6.69. The van der Waals surface area contributed by atoms with E-state index >= 15 is 0 Å². The highest BCUT2D eigenvalue weighted by Gasteiger charge is 2.19. The van der Waals surface area contributed by atoms with Crippen LogP contribution in [0.25, 0.3) is 0 Å². The molecule has 1 aromatic rings. The van der Waals surface area contributed by atoms with Crippen molar-refractivity contribution < 1.29 is 4.39 Å². The molecule has 0 radical (unpaired) electrons. The quantitative estimate of drug-likeness (QED) is 0.872. The second-order valence-corrected chi connectivity index (χ2v) is 4.29. The first kappa shape index (κ1) is 13.5. The lowest BCUT2D eigenvalue weighted by Crippen LogP contribution is -2.31. The van der Waals surface area contributed by atoms with Crippen LogP contribution in [0.5, 0.6) is 0 Å². The lowest BCUT2D eigenvalue weighted by atomic mass is 10.0. The van der Waals surface area contributed by atoms with Gasteiger partial charge < -0.3 is 10.6 Å². The summed E-state index contributed by atoms with van der Waals surface area (Å²) >= 11 is 0. The first-order chi connectivity index (χ1) is 7.99. The second kappa shape index (κ2) is 5.65.